The molecule has 0 aromatic carbocycles. The molecule has 0 radical (unpaired) electrons. The number of hydrogen-bond acceptors (Lipinski definition) is 4. The van der Waals surface area contributed by atoms with Crippen molar-refractivity contribution < 1.29 is 0 Å². The Morgan fingerprint density at radius 1 is 0.923 bits per heavy atom. The fourth-order valence-electron chi connectivity index (χ4n) is 1.42. The van der Waals surface area contributed by atoms with Crippen LogP contribution in [-0.4, -0.2) is 31.8 Å². The Hall–Kier alpha value is -0.160. The van der Waals surface area contributed by atoms with Gasteiger partial charge in [-0.1, -0.05) is 13.8 Å². The van der Waals surface area contributed by atoms with E-state index in [1.54, 1.807) is 0 Å². The molecule has 1 aliphatic rings. The van der Waals surface area contributed by atoms with E-state index in [4.69, 9.17) is 0 Å². The van der Waals surface area contributed by atoms with Gasteiger partial charge in [-0.2, -0.15) is 0 Å². The van der Waals surface area contributed by atoms with E-state index in [9.17, 15) is 0 Å². The standard InChI is InChI=1S/C9H22N4/c1-3-10-7-5-9(12-13-9)6-8-11-4-2/h10-13H,3-8H2,1-2H3. The van der Waals surface area contributed by atoms with Crippen LogP contribution in [0.2, 0.25) is 0 Å². The maximum Gasteiger partial charge on any atom is 0.0967 e. The summed E-state index contributed by atoms with van der Waals surface area (Å²) in [7, 11) is 0. The second-order valence-corrected chi connectivity index (χ2v) is 3.54. The lowest BCUT2D eigenvalue weighted by Crippen LogP contribution is -2.29. The summed E-state index contributed by atoms with van der Waals surface area (Å²) in [6, 6.07) is 0. The molecule has 0 bridgehead atoms. The van der Waals surface area contributed by atoms with Gasteiger partial charge in [0.05, 0.1) is 5.66 Å². The minimum absolute atomic E-state index is 0.227. The van der Waals surface area contributed by atoms with Gasteiger partial charge in [-0.05, 0) is 39.0 Å². The molecular formula is C9H22N4. The minimum Gasteiger partial charge on any atom is -0.317 e. The van der Waals surface area contributed by atoms with Gasteiger partial charge >= 0.3 is 0 Å². The fraction of sp³-hybridized carbons (Fsp3) is 1.00. The van der Waals surface area contributed by atoms with Crippen molar-refractivity contribution in [2.45, 2.75) is 32.4 Å². The normalized spacial score (nSPS) is 18.9. The van der Waals surface area contributed by atoms with Crippen molar-refractivity contribution in [3.63, 3.8) is 0 Å². The van der Waals surface area contributed by atoms with Crippen molar-refractivity contribution in [3.8, 4) is 0 Å². The second kappa shape index (κ2) is 5.54. The van der Waals surface area contributed by atoms with E-state index < -0.39 is 0 Å². The van der Waals surface area contributed by atoms with E-state index >= 15 is 0 Å². The molecule has 13 heavy (non-hydrogen) atoms. The first kappa shape index (κ1) is 10.9. The van der Waals surface area contributed by atoms with Gasteiger partial charge in [0.1, 0.15) is 0 Å². The van der Waals surface area contributed by atoms with Crippen LogP contribution in [0.4, 0.5) is 0 Å². The zero-order chi connectivity index (χ0) is 9.57. The summed E-state index contributed by atoms with van der Waals surface area (Å²) in [4.78, 5) is 0. The van der Waals surface area contributed by atoms with Crippen LogP contribution in [0.25, 0.3) is 0 Å². The average molecular weight is 186 g/mol. The Morgan fingerprint density at radius 3 is 1.69 bits per heavy atom. The molecule has 1 saturated heterocycles. The van der Waals surface area contributed by atoms with E-state index in [0.29, 0.717) is 0 Å². The highest BCUT2D eigenvalue weighted by atomic mass is 15.7. The highest BCUT2D eigenvalue weighted by molar-refractivity contribution is 4.94. The Morgan fingerprint density at radius 2 is 1.38 bits per heavy atom. The summed E-state index contributed by atoms with van der Waals surface area (Å²) in [5.41, 5.74) is 6.70. The van der Waals surface area contributed by atoms with Gasteiger partial charge in [0, 0.05) is 0 Å². The van der Waals surface area contributed by atoms with Crippen molar-refractivity contribution in [1.82, 2.24) is 21.5 Å². The summed E-state index contributed by atoms with van der Waals surface area (Å²) in [5, 5.41) is 6.67. The minimum atomic E-state index is 0.227. The number of hydrazine groups is 1. The molecule has 1 fully saturated rings. The predicted molar refractivity (Wildman–Crippen MR) is 55.3 cm³/mol. The van der Waals surface area contributed by atoms with Crippen LogP contribution in [0.3, 0.4) is 0 Å². The number of nitrogens with one attached hydrogen (secondary N) is 4. The highest BCUT2D eigenvalue weighted by Gasteiger charge is 2.39. The van der Waals surface area contributed by atoms with Crippen LogP contribution < -0.4 is 21.5 Å². The van der Waals surface area contributed by atoms with Crippen LogP contribution in [0.1, 0.15) is 26.7 Å². The summed E-state index contributed by atoms with van der Waals surface area (Å²) in [6.45, 7) is 8.57. The Balaban J connectivity index is 2.01. The first-order valence-electron chi connectivity index (χ1n) is 5.29. The monoisotopic (exact) mass is 186 g/mol. The Kier molecular flexibility index (Phi) is 4.66. The summed E-state index contributed by atoms with van der Waals surface area (Å²) >= 11 is 0. The molecule has 0 amide bonds. The van der Waals surface area contributed by atoms with Crippen LogP contribution in [0.15, 0.2) is 0 Å². The van der Waals surface area contributed by atoms with E-state index in [1.807, 2.05) is 0 Å². The summed E-state index contributed by atoms with van der Waals surface area (Å²) in [6.07, 6.45) is 2.32. The van der Waals surface area contributed by atoms with Gasteiger partial charge in [0.2, 0.25) is 0 Å². The molecule has 4 heteroatoms. The maximum atomic E-state index is 3.33. The molecule has 4 nitrogen and oxygen atoms in total. The molecule has 1 aliphatic heterocycles. The highest BCUT2D eigenvalue weighted by Crippen LogP contribution is 2.18. The lowest BCUT2D eigenvalue weighted by Gasteiger charge is -2.11. The zero-order valence-electron chi connectivity index (χ0n) is 8.74. The van der Waals surface area contributed by atoms with Crippen molar-refractivity contribution >= 4 is 0 Å². The molecule has 1 rings (SSSR count). The van der Waals surface area contributed by atoms with E-state index in [1.165, 1.54) is 0 Å². The third kappa shape index (κ3) is 4.04. The Labute approximate surface area is 80.8 Å². The van der Waals surface area contributed by atoms with Crippen LogP contribution in [0.5, 0.6) is 0 Å². The molecule has 1 heterocycles. The number of rotatable bonds is 8. The summed E-state index contributed by atoms with van der Waals surface area (Å²) < 4.78 is 0. The molecule has 0 atom stereocenters. The van der Waals surface area contributed by atoms with Crippen molar-refractivity contribution in [3.05, 3.63) is 0 Å². The van der Waals surface area contributed by atoms with Crippen molar-refractivity contribution in [2.75, 3.05) is 26.2 Å². The quantitative estimate of drug-likeness (QED) is 0.313. The molecule has 0 aromatic heterocycles. The topological polar surface area (TPSA) is 67.9 Å². The molecule has 0 saturated carbocycles. The summed E-state index contributed by atoms with van der Waals surface area (Å²) in [5.74, 6) is 0. The van der Waals surface area contributed by atoms with Gasteiger partial charge in [-0.15, -0.1) is 0 Å². The van der Waals surface area contributed by atoms with E-state index in [0.717, 1.165) is 39.0 Å². The van der Waals surface area contributed by atoms with Gasteiger partial charge < -0.3 is 10.6 Å². The molecular weight excluding hydrogens is 164 g/mol. The molecule has 0 aromatic rings. The first-order valence-corrected chi connectivity index (χ1v) is 5.29. The van der Waals surface area contributed by atoms with Gasteiger partial charge in [0.25, 0.3) is 0 Å². The smallest absolute Gasteiger partial charge is 0.0967 e. The SMILES string of the molecule is CCNCCC1(CCNCC)NN1. The van der Waals surface area contributed by atoms with Crippen molar-refractivity contribution in [2.24, 2.45) is 0 Å². The van der Waals surface area contributed by atoms with E-state index in [2.05, 4.69) is 35.3 Å². The maximum absolute atomic E-state index is 3.33. The average Bonchev–Trinajstić information content (AvgIpc) is 2.87. The number of hydrogen-bond donors (Lipinski definition) is 4. The predicted octanol–water partition coefficient (Wildman–Crippen LogP) is -0.210. The zero-order valence-corrected chi connectivity index (χ0v) is 8.74. The molecule has 0 unspecified atom stereocenters. The van der Waals surface area contributed by atoms with E-state index in [-0.39, 0.29) is 5.66 Å². The first-order chi connectivity index (χ1) is 6.33. The lowest BCUT2D eigenvalue weighted by molar-refractivity contribution is 0.474. The molecule has 0 spiro atoms. The van der Waals surface area contributed by atoms with Gasteiger partial charge in [0.15, 0.2) is 0 Å². The third-order valence-electron chi connectivity index (χ3n) is 2.44. The second-order valence-electron chi connectivity index (χ2n) is 3.54. The fourth-order valence-corrected chi connectivity index (χ4v) is 1.42. The van der Waals surface area contributed by atoms with Gasteiger partial charge in [-0.25, -0.2) is 10.9 Å². The largest absolute Gasteiger partial charge is 0.317 e. The van der Waals surface area contributed by atoms with Crippen LogP contribution in [0, 0.1) is 0 Å². The Bertz CT molecular complexity index is 122. The molecule has 4 N–H and O–H groups in total. The van der Waals surface area contributed by atoms with Crippen LogP contribution >= 0.6 is 0 Å². The van der Waals surface area contributed by atoms with Crippen LogP contribution in [-0.2, 0) is 0 Å². The van der Waals surface area contributed by atoms with Gasteiger partial charge in [-0.3, -0.25) is 0 Å². The van der Waals surface area contributed by atoms with Crippen molar-refractivity contribution in [1.29, 1.82) is 0 Å². The molecule has 78 valence electrons. The molecule has 0 aliphatic carbocycles. The third-order valence-corrected chi connectivity index (χ3v) is 2.44. The lowest BCUT2D eigenvalue weighted by atomic mass is 10.1.